The number of carboxylic acids is 1. The van der Waals surface area contributed by atoms with Gasteiger partial charge in [-0.2, -0.15) is 0 Å². The molecule has 0 radical (unpaired) electrons. The van der Waals surface area contributed by atoms with E-state index in [4.69, 9.17) is 9.84 Å². The van der Waals surface area contributed by atoms with E-state index in [1.807, 2.05) is 6.92 Å². The van der Waals surface area contributed by atoms with Crippen molar-refractivity contribution in [3.8, 4) is 0 Å². The fourth-order valence-corrected chi connectivity index (χ4v) is 1.79. The highest BCUT2D eigenvalue weighted by molar-refractivity contribution is 7.99. The van der Waals surface area contributed by atoms with Crippen LogP contribution in [-0.2, 0) is 9.53 Å². The van der Waals surface area contributed by atoms with E-state index in [0.717, 1.165) is 5.56 Å². The van der Waals surface area contributed by atoms with Gasteiger partial charge in [0.15, 0.2) is 11.3 Å². The number of rotatable bonds is 6. The Morgan fingerprint density at radius 3 is 2.69 bits per heavy atom. The first kappa shape index (κ1) is 12.9. The average molecular weight is 242 g/mol. The van der Waals surface area contributed by atoms with Gasteiger partial charge in [-0.25, -0.2) is 14.8 Å². The lowest BCUT2D eigenvalue weighted by Gasteiger charge is -2.10. The molecular weight excluding hydrogens is 228 g/mol. The number of aliphatic carboxylic acids is 1. The first-order valence-electron chi connectivity index (χ1n) is 4.89. The molecule has 1 heterocycles. The second-order valence-electron chi connectivity index (χ2n) is 3.14. The van der Waals surface area contributed by atoms with Crippen LogP contribution in [0.25, 0.3) is 0 Å². The number of carbonyl (C=O) groups is 1. The van der Waals surface area contributed by atoms with Crippen LogP contribution in [-0.4, -0.2) is 39.5 Å². The number of hydrogen-bond acceptors (Lipinski definition) is 5. The van der Waals surface area contributed by atoms with E-state index in [-0.39, 0.29) is 0 Å². The summed E-state index contributed by atoms with van der Waals surface area (Å²) in [5.41, 5.74) is 0.976. The highest BCUT2D eigenvalue weighted by Crippen LogP contribution is 2.14. The summed E-state index contributed by atoms with van der Waals surface area (Å²) < 4.78 is 5.07. The Kier molecular flexibility index (Phi) is 5.21. The molecule has 0 aliphatic rings. The number of aromatic nitrogens is 2. The Morgan fingerprint density at radius 1 is 1.56 bits per heavy atom. The minimum Gasteiger partial charge on any atom is -0.479 e. The third-order valence-electron chi connectivity index (χ3n) is 1.76. The van der Waals surface area contributed by atoms with Crippen LogP contribution in [0.4, 0.5) is 0 Å². The first-order chi connectivity index (χ1) is 7.63. The lowest BCUT2D eigenvalue weighted by atomic mass is 10.4. The highest BCUT2D eigenvalue weighted by atomic mass is 32.2. The summed E-state index contributed by atoms with van der Waals surface area (Å²) in [6.07, 6.45) is 2.59. The topological polar surface area (TPSA) is 72.3 Å². The molecule has 0 aliphatic heterocycles. The van der Waals surface area contributed by atoms with Crippen molar-refractivity contribution in [2.24, 2.45) is 0 Å². The van der Waals surface area contributed by atoms with Gasteiger partial charge in [0.05, 0.1) is 0 Å². The van der Waals surface area contributed by atoms with Crippen LogP contribution >= 0.6 is 11.8 Å². The van der Waals surface area contributed by atoms with Gasteiger partial charge >= 0.3 is 5.97 Å². The van der Waals surface area contributed by atoms with Gasteiger partial charge in [-0.05, 0) is 19.4 Å². The molecule has 6 heteroatoms. The summed E-state index contributed by atoms with van der Waals surface area (Å²) in [6.45, 7) is 4.05. The molecule has 0 amide bonds. The first-order valence-corrected chi connectivity index (χ1v) is 5.88. The lowest BCUT2D eigenvalue weighted by Crippen LogP contribution is -2.26. The van der Waals surface area contributed by atoms with E-state index < -0.39 is 12.1 Å². The molecule has 5 nitrogen and oxygen atoms in total. The van der Waals surface area contributed by atoms with Gasteiger partial charge in [-0.3, -0.25) is 0 Å². The van der Waals surface area contributed by atoms with Crippen LogP contribution in [0.5, 0.6) is 0 Å². The fourth-order valence-electron chi connectivity index (χ4n) is 0.997. The van der Waals surface area contributed by atoms with E-state index in [1.165, 1.54) is 11.8 Å². The maximum absolute atomic E-state index is 10.8. The summed E-state index contributed by atoms with van der Waals surface area (Å²) in [5, 5.41) is 9.41. The Balaban J connectivity index is 2.48. The molecule has 0 fully saturated rings. The van der Waals surface area contributed by atoms with Crippen LogP contribution in [0.1, 0.15) is 12.5 Å². The van der Waals surface area contributed by atoms with Gasteiger partial charge in [0.1, 0.15) is 0 Å². The fraction of sp³-hybridized carbons (Fsp3) is 0.500. The van der Waals surface area contributed by atoms with E-state index in [1.54, 1.807) is 19.3 Å². The summed E-state index contributed by atoms with van der Waals surface area (Å²) in [6, 6.07) is 0. The molecule has 1 unspecified atom stereocenters. The van der Waals surface area contributed by atoms with Crippen LogP contribution in [0.15, 0.2) is 17.6 Å². The van der Waals surface area contributed by atoms with Crippen LogP contribution in [0.2, 0.25) is 0 Å². The summed E-state index contributed by atoms with van der Waals surface area (Å²) in [4.78, 5) is 18.9. The molecule has 0 saturated carbocycles. The normalized spacial score (nSPS) is 12.4. The largest absolute Gasteiger partial charge is 0.479 e. The molecule has 16 heavy (non-hydrogen) atoms. The minimum absolute atomic E-state index is 0.312. The predicted octanol–water partition coefficient (Wildman–Crippen LogP) is 1.37. The zero-order valence-corrected chi connectivity index (χ0v) is 10.0. The number of carboxylic acid groups (broad SMARTS) is 1. The Labute approximate surface area is 98.3 Å². The molecule has 0 bridgehead atoms. The zero-order valence-electron chi connectivity index (χ0n) is 9.21. The van der Waals surface area contributed by atoms with E-state index in [2.05, 4.69) is 9.97 Å². The molecule has 88 valence electrons. The van der Waals surface area contributed by atoms with Crippen molar-refractivity contribution in [2.75, 3.05) is 12.4 Å². The number of hydrogen-bond donors (Lipinski definition) is 1. The third kappa shape index (κ3) is 4.16. The standard InChI is InChI=1S/C10H14N2O3S/c1-3-15-8(9(13)14)6-16-10-11-4-7(2)5-12-10/h4-5,8H,3,6H2,1-2H3,(H,13,14). The second kappa shape index (κ2) is 6.44. The van der Waals surface area contributed by atoms with Crippen molar-refractivity contribution in [1.82, 2.24) is 9.97 Å². The molecule has 1 N–H and O–H groups in total. The second-order valence-corrected chi connectivity index (χ2v) is 4.12. The van der Waals surface area contributed by atoms with Gasteiger partial charge < -0.3 is 9.84 Å². The molecule has 1 rings (SSSR count). The van der Waals surface area contributed by atoms with Crippen molar-refractivity contribution in [3.05, 3.63) is 18.0 Å². The summed E-state index contributed by atoms with van der Waals surface area (Å²) in [7, 11) is 0. The van der Waals surface area contributed by atoms with Crippen LogP contribution in [0, 0.1) is 6.92 Å². The van der Waals surface area contributed by atoms with Gasteiger partial charge in [0, 0.05) is 24.8 Å². The number of nitrogens with zero attached hydrogens (tertiary/aromatic N) is 2. The number of ether oxygens (including phenoxy) is 1. The Bertz CT molecular complexity index is 342. The van der Waals surface area contributed by atoms with Gasteiger partial charge in [-0.15, -0.1) is 0 Å². The van der Waals surface area contributed by atoms with Gasteiger partial charge in [0.2, 0.25) is 0 Å². The Hall–Kier alpha value is -1.14. The molecule has 0 aliphatic carbocycles. The number of thioether (sulfide) groups is 1. The monoisotopic (exact) mass is 242 g/mol. The van der Waals surface area contributed by atoms with Crippen LogP contribution in [0.3, 0.4) is 0 Å². The minimum atomic E-state index is -0.957. The van der Waals surface area contributed by atoms with Crippen molar-refractivity contribution < 1.29 is 14.6 Å². The molecule has 0 aromatic carbocycles. The Morgan fingerprint density at radius 2 is 2.19 bits per heavy atom. The molecule has 0 saturated heterocycles. The lowest BCUT2D eigenvalue weighted by molar-refractivity contribution is -0.148. The zero-order chi connectivity index (χ0) is 12.0. The molecule has 1 aromatic rings. The van der Waals surface area contributed by atoms with E-state index in [0.29, 0.717) is 17.5 Å². The van der Waals surface area contributed by atoms with Gasteiger partial charge in [-0.1, -0.05) is 11.8 Å². The molecule has 0 spiro atoms. The van der Waals surface area contributed by atoms with E-state index >= 15 is 0 Å². The number of aryl methyl sites for hydroxylation is 1. The van der Waals surface area contributed by atoms with Crippen molar-refractivity contribution in [3.63, 3.8) is 0 Å². The summed E-state index contributed by atoms with van der Waals surface area (Å²) in [5.74, 6) is -0.645. The molecular formula is C10H14N2O3S. The van der Waals surface area contributed by atoms with Crippen molar-refractivity contribution in [1.29, 1.82) is 0 Å². The molecule has 1 aromatic heterocycles. The maximum atomic E-state index is 10.8. The third-order valence-corrected chi connectivity index (χ3v) is 2.70. The summed E-state index contributed by atoms with van der Waals surface area (Å²) >= 11 is 1.28. The van der Waals surface area contributed by atoms with Crippen molar-refractivity contribution >= 4 is 17.7 Å². The predicted molar refractivity (Wildman–Crippen MR) is 60.5 cm³/mol. The van der Waals surface area contributed by atoms with Crippen LogP contribution < -0.4 is 0 Å². The smallest absolute Gasteiger partial charge is 0.333 e. The quantitative estimate of drug-likeness (QED) is 0.600. The molecule has 1 atom stereocenters. The van der Waals surface area contributed by atoms with Crippen molar-refractivity contribution in [2.45, 2.75) is 25.1 Å². The SMILES string of the molecule is CCOC(CSc1ncc(C)cn1)C(=O)O. The van der Waals surface area contributed by atoms with Gasteiger partial charge in [0.25, 0.3) is 0 Å². The maximum Gasteiger partial charge on any atom is 0.333 e. The highest BCUT2D eigenvalue weighted by Gasteiger charge is 2.18. The average Bonchev–Trinajstić information content (AvgIpc) is 2.26. The van der Waals surface area contributed by atoms with E-state index in [9.17, 15) is 4.79 Å².